The lowest BCUT2D eigenvalue weighted by Crippen LogP contribution is -2.53. The average Bonchev–Trinajstić information content (AvgIpc) is 3.06. The Labute approximate surface area is 277 Å². The molecule has 0 saturated heterocycles. The van der Waals surface area contributed by atoms with E-state index in [-0.39, 0.29) is 34.5 Å². The molecule has 0 aliphatic heterocycles. The molecule has 4 rings (SSSR count). The Bertz CT molecular complexity index is 1720. The number of amides is 2. The number of unbranched alkanes of at least 4 members (excludes halogenated alkanes) is 1. The van der Waals surface area contributed by atoms with Gasteiger partial charge in [0.2, 0.25) is 11.8 Å². The van der Waals surface area contributed by atoms with E-state index in [0.717, 1.165) is 33.8 Å². The summed E-state index contributed by atoms with van der Waals surface area (Å²) in [4.78, 5) is 29.9. The SMILES string of the molecule is CCCCNC(=O)[C@@H](Cc1ccccc1)N(Cc1cccc(OC)c1)C(=O)CN(c1ccccc1Cl)S(=O)(=O)c1ccc(C)cc1. The molecule has 0 aromatic heterocycles. The summed E-state index contributed by atoms with van der Waals surface area (Å²) >= 11 is 6.55. The molecule has 0 heterocycles. The number of rotatable bonds is 15. The van der Waals surface area contributed by atoms with Crippen LogP contribution in [0.25, 0.3) is 0 Å². The number of sulfonamides is 1. The van der Waals surface area contributed by atoms with E-state index in [9.17, 15) is 18.0 Å². The van der Waals surface area contributed by atoms with Gasteiger partial charge in [0.05, 0.1) is 22.7 Å². The van der Waals surface area contributed by atoms with E-state index in [4.69, 9.17) is 16.3 Å². The highest BCUT2D eigenvalue weighted by Gasteiger charge is 2.35. The lowest BCUT2D eigenvalue weighted by Gasteiger charge is -2.34. The Morgan fingerprint density at radius 2 is 1.57 bits per heavy atom. The smallest absolute Gasteiger partial charge is 0.264 e. The number of aryl methyl sites for hydroxylation is 1. The van der Waals surface area contributed by atoms with Crippen molar-refractivity contribution in [2.75, 3.05) is 24.5 Å². The summed E-state index contributed by atoms with van der Waals surface area (Å²) in [5.74, 6) is -0.291. The first kappa shape index (κ1) is 34.5. The van der Waals surface area contributed by atoms with Gasteiger partial charge in [0.25, 0.3) is 10.0 Å². The molecule has 0 aliphatic rings. The van der Waals surface area contributed by atoms with Crippen LogP contribution in [-0.4, -0.2) is 51.4 Å². The van der Waals surface area contributed by atoms with E-state index in [1.54, 1.807) is 55.6 Å². The standard InChI is InChI=1S/C36H40ClN3O5S/c1-4-5-22-38-36(42)34(24-28-12-7-6-8-13-28)39(25-29-14-11-15-30(23-29)45-3)35(41)26-40(33-17-10-9-16-32(33)37)46(43,44)31-20-18-27(2)19-21-31/h6-21,23,34H,4-5,22,24-26H2,1-3H3,(H,38,42)/t34-/m1/s1. The van der Waals surface area contributed by atoms with Gasteiger partial charge in [0.1, 0.15) is 18.3 Å². The summed E-state index contributed by atoms with van der Waals surface area (Å²) in [5, 5.41) is 3.16. The first-order chi connectivity index (χ1) is 22.1. The number of carbonyl (C=O) groups is 2. The van der Waals surface area contributed by atoms with Crippen LogP contribution < -0.4 is 14.4 Å². The maximum atomic E-state index is 14.6. The van der Waals surface area contributed by atoms with Crippen molar-refractivity contribution in [3.63, 3.8) is 0 Å². The van der Waals surface area contributed by atoms with Crippen molar-refractivity contribution in [3.8, 4) is 5.75 Å². The van der Waals surface area contributed by atoms with E-state index in [1.807, 2.05) is 56.3 Å². The van der Waals surface area contributed by atoms with Crippen LogP contribution in [0.5, 0.6) is 5.75 Å². The highest BCUT2D eigenvalue weighted by molar-refractivity contribution is 7.92. The Morgan fingerprint density at radius 3 is 2.24 bits per heavy atom. The molecule has 10 heteroatoms. The number of nitrogens with one attached hydrogen (secondary N) is 1. The van der Waals surface area contributed by atoms with Crippen molar-refractivity contribution in [1.29, 1.82) is 0 Å². The fourth-order valence-electron chi connectivity index (χ4n) is 5.03. The first-order valence-corrected chi connectivity index (χ1v) is 17.0. The molecule has 8 nitrogen and oxygen atoms in total. The number of carbonyl (C=O) groups excluding carboxylic acids is 2. The largest absolute Gasteiger partial charge is 0.497 e. The molecule has 0 aliphatic carbocycles. The van der Waals surface area contributed by atoms with Gasteiger partial charge in [0, 0.05) is 19.5 Å². The van der Waals surface area contributed by atoms with E-state index in [0.29, 0.717) is 12.3 Å². The average molecular weight is 662 g/mol. The van der Waals surface area contributed by atoms with Crippen molar-refractivity contribution in [2.24, 2.45) is 0 Å². The van der Waals surface area contributed by atoms with Crippen LogP contribution in [0.3, 0.4) is 0 Å². The number of benzene rings is 4. The summed E-state index contributed by atoms with van der Waals surface area (Å²) in [6.07, 6.45) is 1.90. The summed E-state index contributed by atoms with van der Waals surface area (Å²) in [7, 11) is -2.69. The number of hydrogen-bond donors (Lipinski definition) is 1. The number of nitrogens with zero attached hydrogens (tertiary/aromatic N) is 2. The molecule has 46 heavy (non-hydrogen) atoms. The maximum Gasteiger partial charge on any atom is 0.264 e. The Hall–Kier alpha value is -4.34. The zero-order valence-corrected chi connectivity index (χ0v) is 27.9. The number of para-hydroxylation sites is 1. The Balaban J connectivity index is 1.81. The van der Waals surface area contributed by atoms with Crippen LogP contribution in [0.1, 0.15) is 36.5 Å². The first-order valence-electron chi connectivity index (χ1n) is 15.2. The minimum atomic E-state index is -4.25. The van der Waals surface area contributed by atoms with Gasteiger partial charge < -0.3 is 15.0 Å². The molecule has 1 atom stereocenters. The predicted octanol–water partition coefficient (Wildman–Crippen LogP) is 6.41. The van der Waals surface area contributed by atoms with Crippen LogP contribution >= 0.6 is 11.6 Å². The molecule has 0 radical (unpaired) electrons. The second-order valence-electron chi connectivity index (χ2n) is 11.0. The summed E-state index contributed by atoms with van der Waals surface area (Å²) < 4.78 is 34.8. The Kier molecular flexibility index (Phi) is 12.2. The number of hydrogen-bond acceptors (Lipinski definition) is 5. The second kappa shape index (κ2) is 16.3. The van der Waals surface area contributed by atoms with Gasteiger partial charge in [-0.25, -0.2) is 8.42 Å². The van der Waals surface area contributed by atoms with E-state index < -0.39 is 28.5 Å². The summed E-state index contributed by atoms with van der Waals surface area (Å²) in [6.45, 7) is 3.80. The Morgan fingerprint density at radius 1 is 0.891 bits per heavy atom. The number of halogens is 1. The van der Waals surface area contributed by atoms with Crippen molar-refractivity contribution < 1.29 is 22.7 Å². The van der Waals surface area contributed by atoms with E-state index in [2.05, 4.69) is 5.32 Å². The number of ether oxygens (including phenoxy) is 1. The fraction of sp³-hybridized carbons (Fsp3) is 0.278. The van der Waals surface area contributed by atoms with Crippen molar-refractivity contribution in [1.82, 2.24) is 10.2 Å². The highest BCUT2D eigenvalue weighted by atomic mass is 35.5. The summed E-state index contributed by atoms with van der Waals surface area (Å²) in [5.41, 5.74) is 2.63. The van der Waals surface area contributed by atoms with Crippen LogP contribution in [0.2, 0.25) is 5.02 Å². The second-order valence-corrected chi connectivity index (χ2v) is 13.3. The quantitative estimate of drug-likeness (QED) is 0.149. The van der Waals surface area contributed by atoms with Gasteiger partial charge in [-0.15, -0.1) is 0 Å². The number of anilines is 1. The number of methoxy groups -OCH3 is 1. The van der Waals surface area contributed by atoms with Gasteiger partial charge in [0.15, 0.2) is 0 Å². The molecule has 0 unspecified atom stereocenters. The van der Waals surface area contributed by atoms with Gasteiger partial charge >= 0.3 is 0 Å². The van der Waals surface area contributed by atoms with Crippen molar-refractivity contribution >= 4 is 39.1 Å². The lowest BCUT2D eigenvalue weighted by molar-refractivity contribution is -0.140. The van der Waals surface area contributed by atoms with Gasteiger partial charge in [-0.05, 0) is 60.9 Å². The molecule has 1 N–H and O–H groups in total. The zero-order valence-electron chi connectivity index (χ0n) is 26.4. The molecule has 242 valence electrons. The monoisotopic (exact) mass is 661 g/mol. The van der Waals surface area contributed by atoms with Crippen molar-refractivity contribution in [2.45, 2.75) is 50.6 Å². The molecule has 0 spiro atoms. The van der Waals surface area contributed by atoms with Gasteiger partial charge in [-0.2, -0.15) is 0 Å². The molecule has 4 aromatic carbocycles. The zero-order chi connectivity index (χ0) is 33.1. The van der Waals surface area contributed by atoms with E-state index in [1.165, 1.54) is 17.0 Å². The minimum Gasteiger partial charge on any atom is -0.497 e. The van der Waals surface area contributed by atoms with E-state index >= 15 is 0 Å². The maximum absolute atomic E-state index is 14.6. The molecular weight excluding hydrogens is 622 g/mol. The molecule has 0 saturated carbocycles. The third kappa shape index (κ3) is 8.89. The third-order valence-electron chi connectivity index (χ3n) is 7.60. The lowest BCUT2D eigenvalue weighted by atomic mass is 10.0. The predicted molar refractivity (Wildman–Crippen MR) is 183 cm³/mol. The molecule has 4 aromatic rings. The molecule has 2 amide bonds. The highest BCUT2D eigenvalue weighted by Crippen LogP contribution is 2.31. The molecule has 0 fully saturated rings. The van der Waals surface area contributed by atoms with Crippen molar-refractivity contribution in [3.05, 3.63) is 125 Å². The topological polar surface area (TPSA) is 96.0 Å². The molecular formula is C36H40ClN3O5S. The normalized spacial score (nSPS) is 11.8. The molecule has 0 bridgehead atoms. The van der Waals surface area contributed by atoms with Crippen LogP contribution in [0, 0.1) is 6.92 Å². The third-order valence-corrected chi connectivity index (χ3v) is 9.69. The summed E-state index contributed by atoms with van der Waals surface area (Å²) in [6, 6.07) is 28.6. The fourth-order valence-corrected chi connectivity index (χ4v) is 6.75. The van der Waals surface area contributed by atoms with Crippen LogP contribution in [0.15, 0.2) is 108 Å². The van der Waals surface area contributed by atoms with Crippen LogP contribution in [0.4, 0.5) is 5.69 Å². The van der Waals surface area contributed by atoms with Crippen LogP contribution in [-0.2, 0) is 32.6 Å². The minimum absolute atomic E-state index is 0.0170. The van der Waals surface area contributed by atoms with Gasteiger partial charge in [-0.1, -0.05) is 97.2 Å². The van der Waals surface area contributed by atoms with Gasteiger partial charge in [-0.3, -0.25) is 13.9 Å².